The van der Waals surface area contributed by atoms with Crippen LogP contribution in [0.4, 0.5) is 34.1 Å². The Bertz CT molecular complexity index is 7940. The summed E-state index contributed by atoms with van der Waals surface area (Å²) in [5.74, 6) is 0. The normalized spacial score (nSPS) is 12.9. The fraction of sp³-hybridized carbons (Fsp3) is 0.100. The first kappa shape index (κ1) is 76.7. The summed E-state index contributed by atoms with van der Waals surface area (Å²) in [6, 6.07) is 145. The number of thiophene rings is 3. The maximum atomic E-state index is 7.07. The molecule has 0 saturated heterocycles. The minimum atomic E-state index is -0.340. The molecule has 606 valence electrons. The van der Waals surface area contributed by atoms with Crippen LogP contribution < -0.4 is 26.2 Å². The van der Waals surface area contributed by atoms with Crippen molar-refractivity contribution >= 4 is 174 Å². The SMILES string of the molecule is CC(C)(C)c1cc(-c2ccccc2)cc(-c2ccc3c(c2)B2c4ccccc4N(c4c(-c5cccc6oc7ccccc7c56)cc(C(C)(C)C)cc4-c4cccc5sc6ccccc6c45)c4cc(-c5cc(-c6ccccc6)cc(-c6ccccc6)c5)cc(c42)N3c2c(-c3cccc4sc5ccccc5c34)cc(C(C)(C)C)cc2-c2cccc3sc4ccccc4c23)c1. The van der Waals surface area contributed by atoms with Crippen molar-refractivity contribution in [3.8, 4) is 100 Å². The monoisotopic (exact) mass is 1680 g/mol. The van der Waals surface area contributed by atoms with Crippen LogP contribution in [0.2, 0.25) is 0 Å². The molecule has 24 rings (SSSR count). The second-order valence-corrected chi connectivity index (χ2v) is 41.0. The molecule has 0 unspecified atom stereocenters. The summed E-state index contributed by atoms with van der Waals surface area (Å²) in [4.78, 5) is 5.58. The Morgan fingerprint density at radius 3 is 1.00 bits per heavy atom. The third kappa shape index (κ3) is 12.6. The first-order chi connectivity index (χ1) is 61.9. The zero-order chi connectivity index (χ0) is 85.5. The zero-order valence-corrected chi connectivity index (χ0v) is 74.8. The standard InChI is InChI=1S/C120H89BN2OS3/c1-118(2,3)82-63-79(74-37-17-12-18-38-74)62-80(64-82)75-57-58-100-98(65-75)121-97-47-23-24-48-99(97)122(116-93(85-43-29-50-104-111(85)89-39-19-25-49-103(89)124-104)68-83(119(4,5)6)69-94(116)86-44-30-54-108-112(86)90-40-20-26-51-105(90)125-108)101-66-81(78-60-76(72-33-13-10-14-34-72)59-77(61-78)73-35-15-11-16-36-73)67-102(115(101)121)123(100)117-95(87-45-31-55-109-113(87)91-41-21-27-52-106(91)126-109)70-84(120(7,8)9)71-96(117)88-46-32-56-110-114(88)92-42-22-28-53-107(92)127-110/h10-71H,1-9H3. The van der Waals surface area contributed by atoms with Crippen molar-refractivity contribution in [1.82, 2.24) is 0 Å². The van der Waals surface area contributed by atoms with Crippen LogP contribution in [0.3, 0.4) is 0 Å². The summed E-state index contributed by atoms with van der Waals surface area (Å²) in [6.07, 6.45) is 0. The first-order valence-corrected chi connectivity index (χ1v) is 46.8. The number of rotatable bonds is 11. The Morgan fingerprint density at radius 2 is 0.551 bits per heavy atom. The fourth-order valence-electron chi connectivity index (χ4n) is 20.6. The van der Waals surface area contributed by atoms with Crippen molar-refractivity contribution in [3.05, 3.63) is 393 Å². The van der Waals surface area contributed by atoms with Crippen LogP contribution in [-0.4, -0.2) is 6.71 Å². The summed E-state index contributed by atoms with van der Waals surface area (Å²) in [5, 5.41) is 9.67. The van der Waals surface area contributed by atoms with Gasteiger partial charge in [-0.1, -0.05) is 317 Å². The number of benzene rings is 18. The lowest BCUT2D eigenvalue weighted by Gasteiger charge is -2.46. The van der Waals surface area contributed by atoms with E-state index in [0.29, 0.717) is 0 Å². The molecule has 2 aliphatic rings. The lowest BCUT2D eigenvalue weighted by atomic mass is 9.33. The molecule has 0 amide bonds. The van der Waals surface area contributed by atoms with E-state index in [1.165, 1.54) is 127 Å². The lowest BCUT2D eigenvalue weighted by Crippen LogP contribution is -2.61. The van der Waals surface area contributed by atoms with Gasteiger partial charge in [0.2, 0.25) is 0 Å². The predicted molar refractivity (Wildman–Crippen MR) is 551 cm³/mol. The first-order valence-electron chi connectivity index (χ1n) is 44.4. The summed E-state index contributed by atoms with van der Waals surface area (Å²) >= 11 is 5.66. The van der Waals surface area contributed by atoms with Crippen LogP contribution in [0.5, 0.6) is 0 Å². The van der Waals surface area contributed by atoms with Gasteiger partial charge in [-0.15, -0.1) is 34.0 Å². The Labute approximate surface area is 753 Å². The van der Waals surface area contributed by atoms with Gasteiger partial charge in [-0.2, -0.15) is 0 Å². The molecule has 0 spiro atoms. The van der Waals surface area contributed by atoms with Gasteiger partial charge in [0.1, 0.15) is 11.2 Å². The van der Waals surface area contributed by atoms with Crippen molar-refractivity contribution in [2.45, 2.75) is 78.6 Å². The highest BCUT2D eigenvalue weighted by Gasteiger charge is 2.47. The lowest BCUT2D eigenvalue weighted by molar-refractivity contribution is 0.590. The van der Waals surface area contributed by atoms with Crippen LogP contribution in [0, 0.1) is 0 Å². The van der Waals surface area contributed by atoms with Crippen molar-refractivity contribution in [3.63, 3.8) is 0 Å². The van der Waals surface area contributed by atoms with E-state index >= 15 is 0 Å². The highest BCUT2D eigenvalue weighted by atomic mass is 32.1. The molecule has 22 aromatic rings. The van der Waals surface area contributed by atoms with Crippen LogP contribution in [0.25, 0.3) is 183 Å². The van der Waals surface area contributed by atoms with E-state index in [1.54, 1.807) is 0 Å². The molecule has 127 heavy (non-hydrogen) atoms. The van der Waals surface area contributed by atoms with Crippen molar-refractivity contribution in [1.29, 1.82) is 0 Å². The Morgan fingerprint density at radius 1 is 0.220 bits per heavy atom. The second-order valence-electron chi connectivity index (χ2n) is 37.8. The minimum Gasteiger partial charge on any atom is -0.456 e. The molecule has 18 aromatic carbocycles. The van der Waals surface area contributed by atoms with Crippen molar-refractivity contribution < 1.29 is 4.42 Å². The summed E-state index contributed by atoms with van der Waals surface area (Å²) in [7, 11) is 0. The van der Waals surface area contributed by atoms with E-state index in [-0.39, 0.29) is 23.0 Å². The molecule has 0 bridgehead atoms. The van der Waals surface area contributed by atoms with E-state index in [9.17, 15) is 0 Å². The number of hydrogen-bond donors (Lipinski definition) is 0. The molecule has 4 aromatic heterocycles. The largest absolute Gasteiger partial charge is 0.456 e. The maximum absolute atomic E-state index is 7.07. The van der Waals surface area contributed by atoms with Gasteiger partial charge < -0.3 is 14.2 Å². The third-order valence-electron chi connectivity index (χ3n) is 26.9. The number of para-hydroxylation sites is 2. The Hall–Kier alpha value is -13.9. The highest BCUT2D eigenvalue weighted by Crippen LogP contribution is 2.60. The molecule has 0 fully saturated rings. The molecule has 3 nitrogen and oxygen atoms in total. The topological polar surface area (TPSA) is 19.6 Å². The van der Waals surface area contributed by atoms with Crippen LogP contribution >= 0.6 is 34.0 Å². The van der Waals surface area contributed by atoms with Crippen molar-refractivity contribution in [2.24, 2.45) is 0 Å². The molecular formula is C120H89BN2OS3. The molecular weight excluding hydrogens is 1590 g/mol. The van der Waals surface area contributed by atoms with E-state index in [1.807, 2.05) is 34.0 Å². The van der Waals surface area contributed by atoms with E-state index in [0.717, 1.165) is 123 Å². The number of anilines is 6. The number of hydrogen-bond acceptors (Lipinski definition) is 6. The molecule has 6 heterocycles. The van der Waals surface area contributed by atoms with Gasteiger partial charge in [0, 0.05) is 116 Å². The maximum Gasteiger partial charge on any atom is 0.252 e. The quantitative estimate of drug-likeness (QED) is 0.120. The van der Waals surface area contributed by atoms with E-state index < -0.39 is 0 Å². The third-order valence-corrected chi connectivity index (χ3v) is 30.3. The Balaban J connectivity index is 0.918. The fourth-order valence-corrected chi connectivity index (χ4v) is 24.0. The van der Waals surface area contributed by atoms with E-state index in [4.69, 9.17) is 4.42 Å². The molecule has 0 saturated carbocycles. The van der Waals surface area contributed by atoms with Gasteiger partial charge in [-0.05, 0) is 249 Å². The smallest absolute Gasteiger partial charge is 0.252 e. The van der Waals surface area contributed by atoms with Crippen LogP contribution in [0.15, 0.2) is 381 Å². The van der Waals surface area contributed by atoms with Gasteiger partial charge in [-0.25, -0.2) is 0 Å². The predicted octanol–water partition coefficient (Wildman–Crippen LogP) is 33.7. The van der Waals surface area contributed by atoms with E-state index in [2.05, 4.69) is 448 Å². The number of fused-ring (bicyclic) bond motifs is 16. The summed E-state index contributed by atoms with van der Waals surface area (Å²) < 4.78 is 14.6. The Kier molecular flexibility index (Phi) is 17.7. The van der Waals surface area contributed by atoms with Gasteiger partial charge in [-0.3, -0.25) is 0 Å². The molecule has 0 radical (unpaired) electrons. The molecule has 0 atom stereocenters. The number of nitrogens with zero attached hydrogens (tertiary/aromatic N) is 2. The summed E-state index contributed by atoms with van der Waals surface area (Å²) in [5.41, 5.74) is 35.6. The highest BCUT2D eigenvalue weighted by molar-refractivity contribution is 7.26. The molecule has 7 heteroatoms. The molecule has 2 aliphatic heterocycles. The zero-order valence-electron chi connectivity index (χ0n) is 72.4. The van der Waals surface area contributed by atoms with Gasteiger partial charge in [0.15, 0.2) is 0 Å². The minimum absolute atomic E-state index is 0.176. The number of furan rings is 1. The van der Waals surface area contributed by atoms with Gasteiger partial charge in [0.25, 0.3) is 6.71 Å². The molecule has 0 aliphatic carbocycles. The summed E-state index contributed by atoms with van der Waals surface area (Å²) in [6.45, 7) is 21.1. The van der Waals surface area contributed by atoms with Gasteiger partial charge >= 0.3 is 0 Å². The average Bonchev–Trinajstić information content (AvgIpc) is 0.811. The van der Waals surface area contributed by atoms with Crippen LogP contribution in [0.1, 0.15) is 79.0 Å². The average molecular weight is 1680 g/mol. The molecule has 0 N–H and O–H groups in total. The van der Waals surface area contributed by atoms with Crippen LogP contribution in [-0.2, 0) is 16.2 Å². The van der Waals surface area contributed by atoms with Crippen molar-refractivity contribution in [2.75, 3.05) is 9.80 Å². The second kappa shape index (κ2) is 29.3. The van der Waals surface area contributed by atoms with Gasteiger partial charge in [0.05, 0.1) is 11.4 Å².